The van der Waals surface area contributed by atoms with Crippen LogP contribution in [-0.4, -0.2) is 15.6 Å². The van der Waals surface area contributed by atoms with Crippen LogP contribution >= 0.6 is 11.3 Å². The van der Waals surface area contributed by atoms with Crippen molar-refractivity contribution in [2.45, 2.75) is 32.0 Å². The average molecular weight is 233 g/mol. The molecule has 0 radical (unpaired) electrons. The van der Waals surface area contributed by atoms with E-state index in [-0.39, 0.29) is 0 Å². The Morgan fingerprint density at radius 1 is 1.50 bits per heavy atom. The maximum absolute atomic E-state index is 4.32. The Morgan fingerprint density at radius 3 is 3.19 bits per heavy atom. The van der Waals surface area contributed by atoms with Crippen LogP contribution in [0.3, 0.4) is 0 Å². The molecule has 3 rings (SSSR count). The van der Waals surface area contributed by atoms with E-state index in [0.717, 1.165) is 24.8 Å². The first-order chi connectivity index (χ1) is 7.92. The van der Waals surface area contributed by atoms with Crippen molar-refractivity contribution in [3.05, 3.63) is 40.6 Å². The van der Waals surface area contributed by atoms with Gasteiger partial charge in [-0.3, -0.25) is 0 Å². The summed E-state index contributed by atoms with van der Waals surface area (Å²) in [6.45, 7) is 1.86. The summed E-state index contributed by atoms with van der Waals surface area (Å²) in [5, 5.41) is 5.65. The third kappa shape index (κ3) is 2.33. The summed E-state index contributed by atoms with van der Waals surface area (Å²) in [7, 11) is 0. The lowest BCUT2D eigenvalue weighted by atomic mass is 10.4. The van der Waals surface area contributed by atoms with Gasteiger partial charge in [0, 0.05) is 29.9 Å². The first kappa shape index (κ1) is 10.1. The summed E-state index contributed by atoms with van der Waals surface area (Å²) in [4.78, 5) is 4.32. The predicted octanol–water partition coefficient (Wildman–Crippen LogP) is 2.24. The lowest BCUT2D eigenvalue weighted by molar-refractivity contribution is 0.631. The first-order valence-corrected chi connectivity index (χ1v) is 6.60. The summed E-state index contributed by atoms with van der Waals surface area (Å²) in [5.74, 6) is 0. The van der Waals surface area contributed by atoms with E-state index in [1.807, 2.05) is 5.51 Å². The summed E-state index contributed by atoms with van der Waals surface area (Å²) < 4.78 is 2.27. The van der Waals surface area contributed by atoms with E-state index in [9.17, 15) is 0 Å². The van der Waals surface area contributed by atoms with E-state index in [1.54, 1.807) is 11.3 Å². The SMILES string of the molecule is c1cc(CNC2CC2)n(Cc2cscn2)c1. The fourth-order valence-corrected chi connectivity index (χ4v) is 2.34. The van der Waals surface area contributed by atoms with Crippen LogP contribution in [0.5, 0.6) is 0 Å². The molecule has 0 aliphatic heterocycles. The van der Waals surface area contributed by atoms with E-state index in [4.69, 9.17) is 0 Å². The topological polar surface area (TPSA) is 29.9 Å². The van der Waals surface area contributed by atoms with Gasteiger partial charge < -0.3 is 9.88 Å². The lowest BCUT2D eigenvalue weighted by Gasteiger charge is -2.08. The van der Waals surface area contributed by atoms with Gasteiger partial charge in [0.25, 0.3) is 0 Å². The molecule has 0 atom stereocenters. The molecule has 16 heavy (non-hydrogen) atoms. The third-order valence-electron chi connectivity index (χ3n) is 2.89. The molecule has 2 aromatic rings. The number of aromatic nitrogens is 2. The monoisotopic (exact) mass is 233 g/mol. The number of rotatable bonds is 5. The molecule has 1 aliphatic rings. The van der Waals surface area contributed by atoms with Gasteiger partial charge in [0.2, 0.25) is 0 Å². The van der Waals surface area contributed by atoms with Crippen molar-refractivity contribution < 1.29 is 0 Å². The molecule has 84 valence electrons. The zero-order valence-electron chi connectivity index (χ0n) is 9.10. The second-order valence-electron chi connectivity index (χ2n) is 4.26. The van der Waals surface area contributed by atoms with Crippen LogP contribution < -0.4 is 5.32 Å². The maximum atomic E-state index is 4.32. The molecule has 1 aliphatic carbocycles. The van der Waals surface area contributed by atoms with E-state index in [1.165, 1.54) is 18.5 Å². The standard InChI is InChI=1S/C12H15N3S/c1-2-12(6-13-10-3-4-10)15(5-1)7-11-8-16-9-14-11/h1-2,5,8-10,13H,3-4,6-7H2. The molecule has 4 heteroatoms. The van der Waals surface area contributed by atoms with Crippen LogP contribution in [-0.2, 0) is 13.1 Å². The van der Waals surface area contributed by atoms with E-state index in [0.29, 0.717) is 0 Å². The van der Waals surface area contributed by atoms with Gasteiger partial charge in [-0.2, -0.15) is 0 Å². The molecule has 0 bridgehead atoms. The zero-order chi connectivity index (χ0) is 10.8. The van der Waals surface area contributed by atoms with Crippen molar-refractivity contribution in [1.82, 2.24) is 14.9 Å². The average Bonchev–Trinajstić information content (AvgIpc) is 2.79. The minimum absolute atomic E-state index is 0.766. The quantitative estimate of drug-likeness (QED) is 0.858. The summed E-state index contributed by atoms with van der Waals surface area (Å²) >= 11 is 1.66. The normalized spacial score (nSPS) is 15.5. The number of hydrogen-bond acceptors (Lipinski definition) is 3. The number of hydrogen-bond donors (Lipinski definition) is 1. The molecule has 0 amide bonds. The number of nitrogens with one attached hydrogen (secondary N) is 1. The van der Waals surface area contributed by atoms with Gasteiger partial charge in [-0.1, -0.05) is 0 Å². The molecule has 0 unspecified atom stereocenters. The minimum Gasteiger partial charge on any atom is -0.344 e. The number of thiazole rings is 1. The van der Waals surface area contributed by atoms with E-state index in [2.05, 4.69) is 38.6 Å². The highest BCUT2D eigenvalue weighted by atomic mass is 32.1. The van der Waals surface area contributed by atoms with Gasteiger partial charge in [0.15, 0.2) is 0 Å². The van der Waals surface area contributed by atoms with Crippen LogP contribution in [0.25, 0.3) is 0 Å². The highest BCUT2D eigenvalue weighted by Gasteiger charge is 2.20. The molecule has 0 aromatic carbocycles. The molecule has 2 aromatic heterocycles. The Bertz CT molecular complexity index is 443. The minimum atomic E-state index is 0.766. The van der Waals surface area contributed by atoms with Crippen molar-refractivity contribution in [2.24, 2.45) is 0 Å². The Morgan fingerprint density at radius 2 is 2.44 bits per heavy atom. The Hall–Kier alpha value is -1.13. The lowest BCUT2D eigenvalue weighted by Crippen LogP contribution is -2.18. The molecule has 3 nitrogen and oxygen atoms in total. The molecule has 1 N–H and O–H groups in total. The van der Waals surface area contributed by atoms with Crippen molar-refractivity contribution in [3.8, 4) is 0 Å². The van der Waals surface area contributed by atoms with Gasteiger partial charge in [-0.15, -0.1) is 11.3 Å². The van der Waals surface area contributed by atoms with Gasteiger partial charge >= 0.3 is 0 Å². The maximum Gasteiger partial charge on any atom is 0.0795 e. The summed E-state index contributed by atoms with van der Waals surface area (Å²) in [6, 6.07) is 5.06. The van der Waals surface area contributed by atoms with Crippen molar-refractivity contribution in [3.63, 3.8) is 0 Å². The van der Waals surface area contributed by atoms with Gasteiger partial charge in [-0.05, 0) is 25.0 Å². The van der Waals surface area contributed by atoms with Crippen LogP contribution in [0, 0.1) is 0 Å². The Labute approximate surface area is 99.1 Å². The summed E-state index contributed by atoms with van der Waals surface area (Å²) in [6.07, 6.45) is 4.81. The fraction of sp³-hybridized carbons (Fsp3) is 0.417. The second-order valence-corrected chi connectivity index (χ2v) is 4.98. The molecule has 1 saturated carbocycles. The molecule has 2 heterocycles. The largest absolute Gasteiger partial charge is 0.344 e. The smallest absolute Gasteiger partial charge is 0.0795 e. The predicted molar refractivity (Wildman–Crippen MR) is 65.5 cm³/mol. The second kappa shape index (κ2) is 4.39. The van der Waals surface area contributed by atoms with E-state index >= 15 is 0 Å². The fourth-order valence-electron chi connectivity index (χ4n) is 1.79. The number of nitrogens with zero attached hydrogens (tertiary/aromatic N) is 2. The molecular weight excluding hydrogens is 218 g/mol. The first-order valence-electron chi connectivity index (χ1n) is 5.66. The molecule has 0 saturated heterocycles. The Balaban J connectivity index is 1.66. The Kier molecular flexibility index (Phi) is 2.76. The van der Waals surface area contributed by atoms with Crippen LogP contribution in [0.4, 0.5) is 0 Å². The van der Waals surface area contributed by atoms with Crippen molar-refractivity contribution in [2.75, 3.05) is 0 Å². The van der Waals surface area contributed by atoms with Gasteiger partial charge in [0.1, 0.15) is 0 Å². The molecule has 1 fully saturated rings. The van der Waals surface area contributed by atoms with Crippen LogP contribution in [0.1, 0.15) is 24.2 Å². The van der Waals surface area contributed by atoms with Crippen LogP contribution in [0.15, 0.2) is 29.2 Å². The van der Waals surface area contributed by atoms with Gasteiger partial charge in [0.05, 0.1) is 17.7 Å². The van der Waals surface area contributed by atoms with Crippen molar-refractivity contribution >= 4 is 11.3 Å². The highest BCUT2D eigenvalue weighted by molar-refractivity contribution is 7.07. The summed E-state index contributed by atoms with van der Waals surface area (Å²) in [5.41, 5.74) is 4.38. The van der Waals surface area contributed by atoms with Crippen LogP contribution in [0.2, 0.25) is 0 Å². The zero-order valence-corrected chi connectivity index (χ0v) is 9.91. The molecule has 0 spiro atoms. The van der Waals surface area contributed by atoms with Gasteiger partial charge in [-0.25, -0.2) is 4.98 Å². The van der Waals surface area contributed by atoms with E-state index < -0.39 is 0 Å². The van der Waals surface area contributed by atoms with Crippen molar-refractivity contribution in [1.29, 1.82) is 0 Å². The highest BCUT2D eigenvalue weighted by Crippen LogP contribution is 2.19. The third-order valence-corrected chi connectivity index (χ3v) is 3.52. The molecular formula is C12H15N3S.